The number of anilines is 2. The van der Waals surface area contributed by atoms with E-state index in [0.29, 0.717) is 6.42 Å². The van der Waals surface area contributed by atoms with E-state index in [1.165, 1.54) is 31.2 Å². The summed E-state index contributed by atoms with van der Waals surface area (Å²) in [6.07, 6.45) is 0.646. The molecule has 0 aliphatic carbocycles. The van der Waals surface area contributed by atoms with Gasteiger partial charge in [-0.1, -0.05) is 0 Å². The van der Waals surface area contributed by atoms with Crippen LogP contribution in [0.2, 0.25) is 0 Å². The molecule has 5 heteroatoms. The van der Waals surface area contributed by atoms with Gasteiger partial charge in [0, 0.05) is 29.9 Å². The Labute approximate surface area is 133 Å². The van der Waals surface area contributed by atoms with E-state index in [0.717, 1.165) is 16.9 Å². The van der Waals surface area contributed by atoms with Gasteiger partial charge in [0.25, 0.3) is 0 Å². The van der Waals surface area contributed by atoms with Crippen molar-refractivity contribution in [2.75, 3.05) is 10.2 Å². The van der Waals surface area contributed by atoms with Gasteiger partial charge in [0.1, 0.15) is 11.6 Å². The second-order valence-electron chi connectivity index (χ2n) is 5.88. The summed E-state index contributed by atoms with van der Waals surface area (Å²) in [7, 11) is 0. The van der Waals surface area contributed by atoms with Gasteiger partial charge in [0.05, 0.1) is 6.04 Å². The SMILES string of the molecule is CC(=O)N1c2ccc(F)cc2[C@@H](Nc2ccc(F)cc2)C[C@H]1C. The first-order valence-electron chi connectivity index (χ1n) is 7.57. The molecule has 1 heterocycles. The Morgan fingerprint density at radius 3 is 2.43 bits per heavy atom. The number of nitrogens with zero attached hydrogens (tertiary/aromatic N) is 1. The molecular weight excluding hydrogens is 298 g/mol. The summed E-state index contributed by atoms with van der Waals surface area (Å²) in [5.41, 5.74) is 2.22. The number of nitrogens with one attached hydrogen (secondary N) is 1. The van der Waals surface area contributed by atoms with Gasteiger partial charge in [-0.2, -0.15) is 0 Å². The zero-order chi connectivity index (χ0) is 16.6. The van der Waals surface area contributed by atoms with Crippen molar-refractivity contribution in [3.8, 4) is 0 Å². The fourth-order valence-electron chi connectivity index (χ4n) is 3.20. The molecule has 1 amide bonds. The van der Waals surface area contributed by atoms with Crippen molar-refractivity contribution in [2.24, 2.45) is 0 Å². The van der Waals surface area contributed by atoms with Crippen LogP contribution in [-0.4, -0.2) is 11.9 Å². The van der Waals surface area contributed by atoms with Crippen molar-refractivity contribution in [3.05, 3.63) is 59.7 Å². The molecule has 0 radical (unpaired) electrons. The highest BCUT2D eigenvalue weighted by atomic mass is 19.1. The fourth-order valence-corrected chi connectivity index (χ4v) is 3.20. The maximum atomic E-state index is 13.7. The summed E-state index contributed by atoms with van der Waals surface area (Å²) >= 11 is 0. The van der Waals surface area contributed by atoms with E-state index >= 15 is 0 Å². The van der Waals surface area contributed by atoms with Crippen LogP contribution in [0, 0.1) is 11.6 Å². The van der Waals surface area contributed by atoms with Crippen molar-refractivity contribution in [3.63, 3.8) is 0 Å². The molecule has 2 atom stereocenters. The Hall–Kier alpha value is -2.43. The summed E-state index contributed by atoms with van der Waals surface area (Å²) in [6.45, 7) is 3.48. The van der Waals surface area contributed by atoms with E-state index in [9.17, 15) is 13.6 Å². The number of carbonyl (C=O) groups excluding carboxylic acids is 1. The minimum atomic E-state index is -0.340. The molecule has 23 heavy (non-hydrogen) atoms. The van der Waals surface area contributed by atoms with Crippen molar-refractivity contribution in [1.82, 2.24) is 0 Å². The molecule has 0 aromatic heterocycles. The molecule has 0 spiro atoms. The normalized spacial score (nSPS) is 20.1. The zero-order valence-electron chi connectivity index (χ0n) is 13.0. The first kappa shape index (κ1) is 15.5. The Balaban J connectivity index is 1.98. The van der Waals surface area contributed by atoms with Crippen LogP contribution in [0.3, 0.4) is 0 Å². The number of fused-ring (bicyclic) bond motifs is 1. The topological polar surface area (TPSA) is 32.3 Å². The maximum absolute atomic E-state index is 13.7. The maximum Gasteiger partial charge on any atom is 0.224 e. The molecule has 3 nitrogen and oxygen atoms in total. The molecule has 3 rings (SSSR count). The first-order valence-corrected chi connectivity index (χ1v) is 7.57. The quantitative estimate of drug-likeness (QED) is 0.897. The van der Waals surface area contributed by atoms with E-state index in [-0.39, 0.29) is 29.6 Å². The van der Waals surface area contributed by atoms with E-state index < -0.39 is 0 Å². The van der Waals surface area contributed by atoms with E-state index in [2.05, 4.69) is 5.32 Å². The number of hydrogen-bond acceptors (Lipinski definition) is 2. The molecule has 0 bridgehead atoms. The van der Waals surface area contributed by atoms with Crippen LogP contribution < -0.4 is 10.2 Å². The summed E-state index contributed by atoms with van der Waals surface area (Å²) in [5, 5.41) is 3.31. The number of rotatable bonds is 2. The highest BCUT2D eigenvalue weighted by molar-refractivity contribution is 5.93. The lowest BCUT2D eigenvalue weighted by Gasteiger charge is -2.39. The van der Waals surface area contributed by atoms with Crippen molar-refractivity contribution < 1.29 is 13.6 Å². The van der Waals surface area contributed by atoms with Gasteiger partial charge in [-0.15, -0.1) is 0 Å². The van der Waals surface area contributed by atoms with Gasteiger partial charge < -0.3 is 10.2 Å². The second-order valence-corrected chi connectivity index (χ2v) is 5.88. The van der Waals surface area contributed by atoms with Crippen LogP contribution in [0.1, 0.15) is 31.9 Å². The minimum Gasteiger partial charge on any atom is -0.378 e. The Kier molecular flexibility index (Phi) is 4.03. The number of halogens is 2. The van der Waals surface area contributed by atoms with Crippen molar-refractivity contribution in [2.45, 2.75) is 32.4 Å². The molecule has 2 aromatic rings. The number of benzene rings is 2. The lowest BCUT2D eigenvalue weighted by atomic mass is 9.91. The molecule has 1 aliphatic rings. The summed E-state index contributed by atoms with van der Waals surface area (Å²) in [6, 6.07) is 10.4. The van der Waals surface area contributed by atoms with Crippen LogP contribution >= 0.6 is 0 Å². The third kappa shape index (κ3) is 3.04. The molecule has 0 unspecified atom stereocenters. The van der Waals surface area contributed by atoms with Gasteiger partial charge in [-0.25, -0.2) is 8.78 Å². The van der Waals surface area contributed by atoms with Gasteiger partial charge in [-0.05, 0) is 55.8 Å². The van der Waals surface area contributed by atoms with E-state index in [1.807, 2.05) is 6.92 Å². The van der Waals surface area contributed by atoms with Crippen LogP contribution in [0.25, 0.3) is 0 Å². The van der Waals surface area contributed by atoms with Crippen LogP contribution in [-0.2, 0) is 4.79 Å². The lowest BCUT2D eigenvalue weighted by Crippen LogP contribution is -2.43. The van der Waals surface area contributed by atoms with E-state index in [4.69, 9.17) is 0 Å². The lowest BCUT2D eigenvalue weighted by molar-refractivity contribution is -0.117. The van der Waals surface area contributed by atoms with Gasteiger partial charge in [0.2, 0.25) is 5.91 Å². The fraction of sp³-hybridized carbons (Fsp3) is 0.278. The Morgan fingerprint density at radius 1 is 1.13 bits per heavy atom. The average Bonchev–Trinajstić information content (AvgIpc) is 2.49. The van der Waals surface area contributed by atoms with Crippen molar-refractivity contribution in [1.29, 1.82) is 0 Å². The molecular formula is C18H18F2N2O. The third-order valence-electron chi connectivity index (χ3n) is 4.17. The number of amides is 1. The highest BCUT2D eigenvalue weighted by Crippen LogP contribution is 2.39. The van der Waals surface area contributed by atoms with E-state index in [1.54, 1.807) is 23.1 Å². The summed E-state index contributed by atoms with van der Waals surface area (Å²) in [4.78, 5) is 13.6. The van der Waals surface area contributed by atoms with Gasteiger partial charge >= 0.3 is 0 Å². The molecule has 2 aromatic carbocycles. The predicted molar refractivity (Wildman–Crippen MR) is 86.4 cm³/mol. The molecule has 0 saturated heterocycles. The van der Waals surface area contributed by atoms with Crippen LogP contribution in [0.4, 0.5) is 20.2 Å². The van der Waals surface area contributed by atoms with Gasteiger partial charge in [0.15, 0.2) is 0 Å². The molecule has 0 fully saturated rings. The predicted octanol–water partition coefficient (Wildman–Crippen LogP) is 4.26. The third-order valence-corrected chi connectivity index (χ3v) is 4.17. The second kappa shape index (κ2) is 5.99. The highest BCUT2D eigenvalue weighted by Gasteiger charge is 2.32. The largest absolute Gasteiger partial charge is 0.378 e. The minimum absolute atomic E-state index is 0.0107. The Morgan fingerprint density at radius 2 is 1.78 bits per heavy atom. The first-order chi connectivity index (χ1) is 11.0. The average molecular weight is 316 g/mol. The summed E-state index contributed by atoms with van der Waals surface area (Å²) in [5.74, 6) is -0.708. The molecule has 1 aliphatic heterocycles. The standard InChI is InChI=1S/C18H18F2N2O/c1-11-9-17(21-15-6-3-13(19)4-7-15)16-10-14(20)5-8-18(16)22(11)12(2)23/h3-8,10-11,17,21H,9H2,1-2H3/t11-,17+/m1/s1. The Bertz CT molecular complexity index is 730. The monoisotopic (exact) mass is 316 g/mol. The zero-order valence-corrected chi connectivity index (χ0v) is 13.0. The van der Waals surface area contributed by atoms with Crippen LogP contribution in [0.15, 0.2) is 42.5 Å². The molecule has 120 valence electrons. The molecule has 0 saturated carbocycles. The summed E-state index contributed by atoms with van der Waals surface area (Å²) < 4.78 is 26.7. The van der Waals surface area contributed by atoms with Gasteiger partial charge in [-0.3, -0.25) is 4.79 Å². The smallest absolute Gasteiger partial charge is 0.224 e. The van der Waals surface area contributed by atoms with Crippen molar-refractivity contribution >= 4 is 17.3 Å². The number of carbonyl (C=O) groups is 1. The number of hydrogen-bond donors (Lipinski definition) is 1. The van der Waals surface area contributed by atoms with Crippen LogP contribution in [0.5, 0.6) is 0 Å². The molecule has 1 N–H and O–H groups in total.